The smallest absolute Gasteiger partial charge is 0.224 e. The lowest BCUT2D eigenvalue weighted by molar-refractivity contribution is -0.116. The SMILES string of the molecule is CN(C)CCCC(=O)Nc1ccc(O[C@H]2C[C@]3(C)[C@@H](OCc4ccccc4)CC[C@H]3[C@@H]3CCc4cc(OCc5ccccc5)ccc4[C@H]32)cc1F. The summed E-state index contributed by atoms with van der Waals surface area (Å²) in [6, 6.07) is 32.1. The Morgan fingerprint density at radius 1 is 0.882 bits per heavy atom. The van der Waals surface area contributed by atoms with E-state index < -0.39 is 5.82 Å². The van der Waals surface area contributed by atoms with Gasteiger partial charge in [-0.1, -0.05) is 73.7 Å². The zero-order valence-electron chi connectivity index (χ0n) is 30.2. The van der Waals surface area contributed by atoms with Crippen molar-refractivity contribution in [3.8, 4) is 11.5 Å². The number of ether oxygens (including phenoxy) is 3. The first kappa shape index (κ1) is 35.2. The quantitative estimate of drug-likeness (QED) is 0.152. The molecule has 1 N–H and O–H groups in total. The van der Waals surface area contributed by atoms with Crippen molar-refractivity contribution in [3.05, 3.63) is 125 Å². The third-order valence-electron chi connectivity index (χ3n) is 11.6. The van der Waals surface area contributed by atoms with Crippen LogP contribution in [0.3, 0.4) is 0 Å². The van der Waals surface area contributed by atoms with Gasteiger partial charge in [-0.25, -0.2) is 4.39 Å². The fraction of sp³-hybridized carbons (Fsp3) is 0.432. The van der Waals surface area contributed by atoms with E-state index in [2.05, 4.69) is 66.8 Å². The first-order chi connectivity index (χ1) is 24.8. The molecule has 1 amide bonds. The summed E-state index contributed by atoms with van der Waals surface area (Å²) < 4.78 is 35.4. The van der Waals surface area contributed by atoms with E-state index in [1.165, 1.54) is 22.8 Å². The molecule has 0 saturated heterocycles. The lowest BCUT2D eigenvalue weighted by atomic mass is 9.54. The zero-order valence-corrected chi connectivity index (χ0v) is 30.2. The van der Waals surface area contributed by atoms with Gasteiger partial charge < -0.3 is 24.4 Å². The van der Waals surface area contributed by atoms with Crippen molar-refractivity contribution in [1.82, 2.24) is 4.90 Å². The van der Waals surface area contributed by atoms with Gasteiger partial charge in [-0.3, -0.25) is 4.79 Å². The summed E-state index contributed by atoms with van der Waals surface area (Å²) in [7, 11) is 3.95. The second-order valence-electron chi connectivity index (χ2n) is 15.3. The van der Waals surface area contributed by atoms with Crippen LogP contribution in [-0.4, -0.2) is 43.7 Å². The minimum Gasteiger partial charge on any atom is -0.490 e. The largest absolute Gasteiger partial charge is 0.490 e. The number of anilines is 1. The molecule has 4 aromatic rings. The number of rotatable bonds is 13. The summed E-state index contributed by atoms with van der Waals surface area (Å²) >= 11 is 0. The minimum atomic E-state index is -0.487. The number of carbonyl (C=O) groups is 1. The molecule has 0 spiro atoms. The van der Waals surface area contributed by atoms with Crippen molar-refractivity contribution in [3.63, 3.8) is 0 Å². The van der Waals surface area contributed by atoms with Crippen molar-refractivity contribution in [1.29, 1.82) is 0 Å². The fourth-order valence-electron chi connectivity index (χ4n) is 9.16. The van der Waals surface area contributed by atoms with E-state index in [0.717, 1.165) is 50.0 Å². The second kappa shape index (κ2) is 15.6. The molecule has 3 aliphatic carbocycles. The molecule has 2 fully saturated rings. The summed E-state index contributed by atoms with van der Waals surface area (Å²) in [5, 5.41) is 2.75. The summed E-state index contributed by atoms with van der Waals surface area (Å²) in [6.07, 6.45) is 6.04. The van der Waals surface area contributed by atoms with E-state index >= 15 is 4.39 Å². The summed E-state index contributed by atoms with van der Waals surface area (Å²) in [6.45, 7) is 4.32. The van der Waals surface area contributed by atoms with Crippen LogP contribution in [0, 0.1) is 23.1 Å². The molecular formula is C44H51FN2O4. The van der Waals surface area contributed by atoms with Crippen LogP contribution in [0.5, 0.6) is 11.5 Å². The second-order valence-corrected chi connectivity index (χ2v) is 15.3. The van der Waals surface area contributed by atoms with Gasteiger partial charge >= 0.3 is 0 Å². The molecular weight excluding hydrogens is 639 g/mol. The Hall–Kier alpha value is -4.20. The third kappa shape index (κ3) is 8.00. The lowest BCUT2D eigenvalue weighted by Gasteiger charge is -2.53. The van der Waals surface area contributed by atoms with Crippen molar-refractivity contribution >= 4 is 11.6 Å². The van der Waals surface area contributed by atoms with Crippen LogP contribution in [0.2, 0.25) is 0 Å². The van der Waals surface area contributed by atoms with E-state index in [0.29, 0.717) is 43.6 Å². The molecule has 6 nitrogen and oxygen atoms in total. The van der Waals surface area contributed by atoms with Gasteiger partial charge in [0.2, 0.25) is 5.91 Å². The summed E-state index contributed by atoms with van der Waals surface area (Å²) in [4.78, 5) is 14.6. The Morgan fingerprint density at radius 3 is 2.33 bits per heavy atom. The van der Waals surface area contributed by atoms with Crippen LogP contribution in [0.25, 0.3) is 0 Å². The predicted molar refractivity (Wildman–Crippen MR) is 199 cm³/mol. The highest BCUT2D eigenvalue weighted by Gasteiger charge is 2.59. The number of nitrogens with one attached hydrogen (secondary N) is 1. The number of aryl methyl sites for hydroxylation is 1. The zero-order chi connectivity index (χ0) is 35.4. The Kier molecular flexibility index (Phi) is 10.8. The van der Waals surface area contributed by atoms with Crippen LogP contribution >= 0.6 is 0 Å². The molecule has 0 bridgehead atoms. The molecule has 2 saturated carbocycles. The molecule has 0 radical (unpaired) electrons. The van der Waals surface area contributed by atoms with Crippen molar-refractivity contribution in [2.24, 2.45) is 17.3 Å². The van der Waals surface area contributed by atoms with Gasteiger partial charge in [0, 0.05) is 23.8 Å². The maximum absolute atomic E-state index is 15.5. The van der Waals surface area contributed by atoms with Gasteiger partial charge in [0.05, 0.1) is 18.4 Å². The third-order valence-corrected chi connectivity index (χ3v) is 11.6. The molecule has 4 aromatic carbocycles. The van der Waals surface area contributed by atoms with Crippen LogP contribution in [0.15, 0.2) is 97.1 Å². The number of hydrogen-bond acceptors (Lipinski definition) is 5. The van der Waals surface area contributed by atoms with E-state index in [-0.39, 0.29) is 35.1 Å². The van der Waals surface area contributed by atoms with E-state index in [9.17, 15) is 4.79 Å². The number of halogens is 1. The number of amides is 1. The predicted octanol–water partition coefficient (Wildman–Crippen LogP) is 9.18. The average molecular weight is 691 g/mol. The van der Waals surface area contributed by atoms with Crippen molar-refractivity contribution in [2.45, 2.75) is 83.2 Å². The molecule has 7 heteroatoms. The highest BCUT2D eigenvalue weighted by atomic mass is 19.1. The molecule has 0 aromatic heterocycles. The molecule has 3 aliphatic rings. The maximum Gasteiger partial charge on any atom is 0.224 e. The Labute approximate surface area is 302 Å². The molecule has 6 atom stereocenters. The van der Waals surface area contributed by atoms with Crippen LogP contribution < -0.4 is 14.8 Å². The van der Waals surface area contributed by atoms with E-state index in [1.54, 1.807) is 12.1 Å². The van der Waals surface area contributed by atoms with E-state index in [4.69, 9.17) is 14.2 Å². The molecule has 7 rings (SSSR count). The topological polar surface area (TPSA) is 60.0 Å². The van der Waals surface area contributed by atoms with Crippen LogP contribution in [0.1, 0.15) is 73.6 Å². The average Bonchev–Trinajstić information content (AvgIpc) is 3.46. The molecule has 0 aliphatic heterocycles. The van der Waals surface area contributed by atoms with Crippen LogP contribution in [0.4, 0.5) is 10.1 Å². The molecule has 0 heterocycles. The minimum absolute atomic E-state index is 0.0735. The molecule has 51 heavy (non-hydrogen) atoms. The normalized spacial score (nSPS) is 25.1. The summed E-state index contributed by atoms with van der Waals surface area (Å²) in [5.74, 6) is 1.79. The fourth-order valence-corrected chi connectivity index (χ4v) is 9.16. The van der Waals surface area contributed by atoms with Crippen LogP contribution in [-0.2, 0) is 29.2 Å². The van der Waals surface area contributed by atoms with Gasteiger partial charge in [-0.2, -0.15) is 0 Å². The number of hydrogen-bond donors (Lipinski definition) is 1. The Bertz CT molecular complexity index is 1780. The van der Waals surface area contributed by atoms with Crippen molar-refractivity contribution < 1.29 is 23.4 Å². The van der Waals surface area contributed by atoms with Crippen molar-refractivity contribution in [2.75, 3.05) is 26.0 Å². The monoisotopic (exact) mass is 690 g/mol. The van der Waals surface area contributed by atoms with Gasteiger partial charge in [0.15, 0.2) is 0 Å². The van der Waals surface area contributed by atoms with E-state index in [1.807, 2.05) is 43.3 Å². The first-order valence-corrected chi connectivity index (χ1v) is 18.6. The number of benzene rings is 4. The Balaban J connectivity index is 1.13. The highest BCUT2D eigenvalue weighted by molar-refractivity contribution is 5.90. The highest BCUT2D eigenvalue weighted by Crippen LogP contribution is 2.62. The van der Waals surface area contributed by atoms with Gasteiger partial charge in [0.1, 0.15) is 30.0 Å². The first-order valence-electron chi connectivity index (χ1n) is 18.6. The number of nitrogens with zero attached hydrogens (tertiary/aromatic N) is 1. The van der Waals surface area contributed by atoms with Gasteiger partial charge in [0.25, 0.3) is 0 Å². The standard InChI is InChI=1S/C44H51FN2O4/c1-44-27-40(51-34-18-22-39(38(45)26-34)46-42(48)15-10-24-47(2)3)43-35-20-17-33(49-28-30-11-6-4-7-12-30)25-32(35)16-19-36(43)37(44)21-23-41(44)50-29-31-13-8-5-9-14-31/h4-9,11-14,17-18,20,22,25-26,36-37,40-41,43H,10,15-16,19,21,23-24,27-29H2,1-3H3,(H,46,48)/t36-,37-,40-,41-,43+,44-/m0/s1. The number of fused-ring (bicyclic) bond motifs is 5. The molecule has 268 valence electrons. The lowest BCUT2D eigenvalue weighted by Crippen LogP contribution is -2.52. The molecule has 0 unspecified atom stereocenters. The van der Waals surface area contributed by atoms with Gasteiger partial charge in [-0.05, 0) is 118 Å². The Morgan fingerprint density at radius 2 is 1.61 bits per heavy atom. The number of carbonyl (C=O) groups excluding carboxylic acids is 1. The van der Waals surface area contributed by atoms with Gasteiger partial charge in [-0.15, -0.1) is 0 Å². The summed E-state index contributed by atoms with van der Waals surface area (Å²) in [5.41, 5.74) is 5.07. The maximum atomic E-state index is 15.5.